The molecule has 0 aromatic carbocycles. The number of nitrogens with two attached hydrogens (primary N) is 1. The van der Waals surface area contributed by atoms with Crippen molar-refractivity contribution in [2.45, 2.75) is 32.7 Å². The normalized spacial score (nSPS) is 11.4. The Morgan fingerprint density at radius 2 is 2.24 bits per heavy atom. The van der Waals surface area contributed by atoms with E-state index in [0.29, 0.717) is 11.0 Å². The summed E-state index contributed by atoms with van der Waals surface area (Å²) in [6.45, 7) is 6.35. The molecule has 0 aliphatic rings. The molecular weight excluding hydrogens is 232 g/mol. The van der Waals surface area contributed by atoms with Gasteiger partial charge in [0.2, 0.25) is 0 Å². The van der Waals surface area contributed by atoms with E-state index in [0.717, 1.165) is 25.9 Å². The topological polar surface area (TPSA) is 47.1 Å². The second-order valence-corrected chi connectivity index (χ2v) is 5.14. The van der Waals surface area contributed by atoms with E-state index in [1.54, 1.807) is 0 Å². The third kappa shape index (κ3) is 5.28. The Hall–Kier alpha value is -0.940. The van der Waals surface area contributed by atoms with Gasteiger partial charge in [-0.25, -0.2) is 0 Å². The Labute approximate surface area is 109 Å². The number of rotatable bonds is 7. The van der Waals surface area contributed by atoms with Gasteiger partial charge in [0.25, 0.3) is 0 Å². The van der Waals surface area contributed by atoms with Crippen LogP contribution in [0.15, 0.2) is 12.4 Å². The Balaban J connectivity index is 2.41. The molecule has 0 unspecified atom stereocenters. The monoisotopic (exact) mass is 254 g/mol. The molecule has 1 aromatic rings. The predicted molar refractivity (Wildman–Crippen MR) is 75.0 cm³/mol. The van der Waals surface area contributed by atoms with Gasteiger partial charge in [0.15, 0.2) is 0 Å². The smallest absolute Gasteiger partial charge is 0.0740 e. The molecule has 2 N–H and O–H groups in total. The second kappa shape index (κ2) is 6.71. The van der Waals surface area contributed by atoms with Crippen molar-refractivity contribution in [3.63, 3.8) is 0 Å². The molecule has 0 atom stereocenters. The third-order valence-corrected chi connectivity index (χ3v) is 3.03. The first kappa shape index (κ1) is 14.1. The summed E-state index contributed by atoms with van der Waals surface area (Å²) in [7, 11) is 1.94. The molecule has 96 valence electrons. The largest absolute Gasteiger partial charge is 0.393 e. The van der Waals surface area contributed by atoms with Crippen LogP contribution < -0.4 is 5.73 Å². The number of aromatic nitrogens is 2. The van der Waals surface area contributed by atoms with Gasteiger partial charge in [-0.05, 0) is 25.8 Å². The van der Waals surface area contributed by atoms with Crippen LogP contribution in [-0.2, 0) is 13.5 Å². The van der Waals surface area contributed by atoms with E-state index in [9.17, 15) is 0 Å². The maximum absolute atomic E-state index is 5.54. The lowest BCUT2D eigenvalue weighted by molar-refractivity contribution is 0.231. The molecule has 0 spiro atoms. The number of hydrogen-bond acceptors (Lipinski definition) is 3. The Morgan fingerprint density at radius 3 is 2.71 bits per heavy atom. The lowest BCUT2D eigenvalue weighted by Gasteiger charge is -2.25. The number of nitrogens with zero attached hydrogens (tertiary/aromatic N) is 3. The molecule has 17 heavy (non-hydrogen) atoms. The predicted octanol–water partition coefficient (Wildman–Crippen LogP) is 1.35. The van der Waals surface area contributed by atoms with Gasteiger partial charge in [-0.2, -0.15) is 5.10 Å². The summed E-state index contributed by atoms with van der Waals surface area (Å²) in [5.74, 6) is 0. The lowest BCUT2D eigenvalue weighted by Crippen LogP contribution is -2.35. The summed E-state index contributed by atoms with van der Waals surface area (Å²) in [5.41, 5.74) is 6.81. The van der Waals surface area contributed by atoms with Gasteiger partial charge in [0, 0.05) is 38.8 Å². The van der Waals surface area contributed by atoms with Gasteiger partial charge in [-0.1, -0.05) is 12.2 Å². The molecule has 0 amide bonds. The van der Waals surface area contributed by atoms with Crippen molar-refractivity contribution >= 4 is 17.2 Å². The first-order valence-electron chi connectivity index (χ1n) is 5.99. The third-order valence-electron chi connectivity index (χ3n) is 2.82. The van der Waals surface area contributed by atoms with Crippen LogP contribution in [0.3, 0.4) is 0 Å². The summed E-state index contributed by atoms with van der Waals surface area (Å²) in [6, 6.07) is 0.515. The Kier molecular flexibility index (Phi) is 5.58. The first-order chi connectivity index (χ1) is 7.99. The maximum atomic E-state index is 5.54. The Bertz CT molecular complexity index is 359. The van der Waals surface area contributed by atoms with Gasteiger partial charge in [0.05, 0.1) is 11.2 Å². The molecule has 1 heterocycles. The summed E-state index contributed by atoms with van der Waals surface area (Å²) in [4.78, 5) is 2.99. The van der Waals surface area contributed by atoms with Gasteiger partial charge >= 0.3 is 0 Å². The molecule has 0 bridgehead atoms. The SMILES string of the molecule is CC(C)N(CCC(N)=S)CCc1cnn(C)c1. The fourth-order valence-electron chi connectivity index (χ4n) is 1.76. The summed E-state index contributed by atoms with van der Waals surface area (Å²) in [6.07, 6.45) is 5.79. The van der Waals surface area contributed by atoms with E-state index in [1.165, 1.54) is 5.56 Å². The summed E-state index contributed by atoms with van der Waals surface area (Å²) < 4.78 is 1.84. The van der Waals surface area contributed by atoms with Crippen molar-refractivity contribution in [1.29, 1.82) is 0 Å². The average Bonchev–Trinajstić information content (AvgIpc) is 2.63. The van der Waals surface area contributed by atoms with Crippen LogP contribution in [-0.4, -0.2) is 38.8 Å². The molecule has 0 saturated heterocycles. The molecule has 0 fully saturated rings. The van der Waals surface area contributed by atoms with E-state index >= 15 is 0 Å². The molecule has 4 nitrogen and oxygen atoms in total. The molecule has 1 rings (SSSR count). The molecule has 0 aliphatic heterocycles. The highest BCUT2D eigenvalue weighted by atomic mass is 32.1. The fraction of sp³-hybridized carbons (Fsp3) is 0.667. The zero-order chi connectivity index (χ0) is 12.8. The maximum Gasteiger partial charge on any atom is 0.0740 e. The second-order valence-electron chi connectivity index (χ2n) is 4.62. The van der Waals surface area contributed by atoms with Gasteiger partial charge in [0.1, 0.15) is 0 Å². The molecule has 0 aliphatic carbocycles. The van der Waals surface area contributed by atoms with Gasteiger partial charge < -0.3 is 10.6 Å². The molecular formula is C12H22N4S. The first-order valence-corrected chi connectivity index (χ1v) is 6.39. The van der Waals surface area contributed by atoms with Crippen LogP contribution in [0.2, 0.25) is 0 Å². The zero-order valence-electron chi connectivity index (χ0n) is 10.9. The standard InChI is InChI=1S/C12H22N4S/c1-10(2)16(7-5-12(13)17)6-4-11-8-14-15(3)9-11/h8-10H,4-7H2,1-3H3,(H2,13,17). The molecule has 5 heteroatoms. The van der Waals surface area contributed by atoms with Crippen LogP contribution in [0.25, 0.3) is 0 Å². The van der Waals surface area contributed by atoms with E-state index < -0.39 is 0 Å². The molecule has 0 radical (unpaired) electrons. The fourth-order valence-corrected chi connectivity index (χ4v) is 1.85. The van der Waals surface area contributed by atoms with Crippen LogP contribution in [0, 0.1) is 0 Å². The molecule has 0 saturated carbocycles. The van der Waals surface area contributed by atoms with E-state index in [2.05, 4.69) is 30.0 Å². The average molecular weight is 254 g/mol. The highest BCUT2D eigenvalue weighted by Gasteiger charge is 2.10. The van der Waals surface area contributed by atoms with Crippen molar-refractivity contribution < 1.29 is 0 Å². The van der Waals surface area contributed by atoms with Crippen LogP contribution in [0.5, 0.6) is 0 Å². The highest BCUT2D eigenvalue weighted by molar-refractivity contribution is 7.80. The van der Waals surface area contributed by atoms with Crippen LogP contribution in [0.1, 0.15) is 25.8 Å². The highest BCUT2D eigenvalue weighted by Crippen LogP contribution is 2.04. The zero-order valence-corrected chi connectivity index (χ0v) is 11.7. The minimum absolute atomic E-state index is 0.515. The number of aryl methyl sites for hydroxylation is 1. The van der Waals surface area contributed by atoms with Crippen molar-refractivity contribution in [2.24, 2.45) is 12.8 Å². The minimum Gasteiger partial charge on any atom is -0.393 e. The van der Waals surface area contributed by atoms with E-state index in [4.69, 9.17) is 18.0 Å². The summed E-state index contributed by atoms with van der Waals surface area (Å²) in [5, 5.41) is 4.17. The lowest BCUT2D eigenvalue weighted by atomic mass is 10.2. The van der Waals surface area contributed by atoms with E-state index in [-0.39, 0.29) is 0 Å². The van der Waals surface area contributed by atoms with Crippen molar-refractivity contribution in [3.05, 3.63) is 18.0 Å². The van der Waals surface area contributed by atoms with Crippen molar-refractivity contribution in [3.8, 4) is 0 Å². The van der Waals surface area contributed by atoms with Crippen LogP contribution >= 0.6 is 12.2 Å². The minimum atomic E-state index is 0.515. The number of thiocarbonyl (C=S) groups is 1. The Morgan fingerprint density at radius 1 is 1.53 bits per heavy atom. The van der Waals surface area contributed by atoms with Gasteiger partial charge in [-0.15, -0.1) is 0 Å². The quantitative estimate of drug-likeness (QED) is 0.746. The van der Waals surface area contributed by atoms with Crippen molar-refractivity contribution in [2.75, 3.05) is 13.1 Å². The summed E-state index contributed by atoms with van der Waals surface area (Å²) >= 11 is 4.92. The van der Waals surface area contributed by atoms with Gasteiger partial charge in [-0.3, -0.25) is 4.68 Å². The number of hydrogen-bond donors (Lipinski definition) is 1. The van der Waals surface area contributed by atoms with Crippen molar-refractivity contribution in [1.82, 2.24) is 14.7 Å². The van der Waals surface area contributed by atoms with E-state index in [1.807, 2.05) is 17.9 Å². The van der Waals surface area contributed by atoms with Crippen LogP contribution in [0.4, 0.5) is 0 Å². The molecule has 1 aromatic heterocycles.